The van der Waals surface area contributed by atoms with Crippen molar-refractivity contribution in [1.29, 1.82) is 0 Å². The highest BCUT2D eigenvalue weighted by Crippen LogP contribution is 2.24. The number of anilines is 1. The second kappa shape index (κ2) is 6.46. The fraction of sp³-hybridized carbons (Fsp3) is 0.364. The fourth-order valence-corrected chi connectivity index (χ4v) is 2.09. The number of halogens is 1. The summed E-state index contributed by atoms with van der Waals surface area (Å²) in [6.07, 6.45) is 0.524. The van der Waals surface area contributed by atoms with Crippen molar-refractivity contribution < 1.29 is 22.7 Å². The lowest BCUT2D eigenvalue weighted by atomic mass is 10.2. The van der Waals surface area contributed by atoms with Gasteiger partial charge in [-0.3, -0.25) is 8.51 Å². The summed E-state index contributed by atoms with van der Waals surface area (Å²) in [5.74, 6) is -1.75. The number of hydrogen-bond acceptors (Lipinski definition) is 4. The van der Waals surface area contributed by atoms with E-state index in [1.54, 1.807) is 6.92 Å². The Labute approximate surface area is 107 Å². The molecule has 0 aliphatic rings. The monoisotopic (exact) mass is 274 g/mol. The molecule has 0 bridgehead atoms. The van der Waals surface area contributed by atoms with E-state index in [-0.39, 0.29) is 17.8 Å². The first-order chi connectivity index (χ1) is 8.52. The maximum Gasteiger partial charge on any atom is 0.340 e. The highest BCUT2D eigenvalue weighted by molar-refractivity contribution is 7.80. The standard InChI is InChI=1S/C11H14FNO4S/c1-3-7-13(18(15)16)9-6-4-5-8(10(9)12)11(14)17-2/h4-6H,3,7H2,1-2H3,(H,15,16)/p-1. The highest BCUT2D eigenvalue weighted by atomic mass is 32.2. The molecule has 1 aromatic rings. The summed E-state index contributed by atoms with van der Waals surface area (Å²) in [7, 11) is 1.13. The number of hydrogen-bond donors (Lipinski definition) is 0. The predicted molar refractivity (Wildman–Crippen MR) is 64.3 cm³/mol. The molecule has 0 saturated carbocycles. The van der Waals surface area contributed by atoms with Crippen LogP contribution in [0.2, 0.25) is 0 Å². The molecule has 1 unspecified atom stereocenters. The van der Waals surface area contributed by atoms with Crippen LogP contribution >= 0.6 is 0 Å². The minimum Gasteiger partial charge on any atom is -0.755 e. The molecule has 0 saturated heterocycles. The minimum absolute atomic E-state index is 0.137. The third-order valence-electron chi connectivity index (χ3n) is 2.26. The number of methoxy groups -OCH3 is 1. The number of carbonyl (C=O) groups excluding carboxylic acids is 1. The van der Waals surface area contributed by atoms with Crippen LogP contribution in [-0.4, -0.2) is 28.4 Å². The van der Waals surface area contributed by atoms with Crippen LogP contribution in [0, 0.1) is 5.82 Å². The number of benzene rings is 1. The number of ether oxygens (including phenoxy) is 1. The predicted octanol–water partition coefficient (Wildman–Crippen LogP) is 1.62. The first-order valence-corrected chi connectivity index (χ1v) is 6.29. The summed E-state index contributed by atoms with van der Waals surface area (Å²) < 4.78 is 41.4. The quantitative estimate of drug-likeness (QED) is 0.604. The molecule has 5 nitrogen and oxygen atoms in total. The summed E-state index contributed by atoms with van der Waals surface area (Å²) in [4.78, 5) is 11.3. The molecule has 1 aromatic carbocycles. The minimum atomic E-state index is -2.60. The van der Waals surface area contributed by atoms with Crippen LogP contribution in [0.5, 0.6) is 0 Å². The van der Waals surface area contributed by atoms with Gasteiger partial charge in [-0.2, -0.15) is 0 Å². The lowest BCUT2D eigenvalue weighted by Gasteiger charge is -2.26. The Morgan fingerprint density at radius 1 is 1.56 bits per heavy atom. The summed E-state index contributed by atoms with van der Waals surface area (Å²) in [5.41, 5.74) is -0.449. The molecular formula is C11H13FNO4S-. The van der Waals surface area contributed by atoms with Crippen LogP contribution in [0.15, 0.2) is 18.2 Å². The van der Waals surface area contributed by atoms with Crippen LogP contribution in [0.1, 0.15) is 23.7 Å². The molecule has 18 heavy (non-hydrogen) atoms. The van der Waals surface area contributed by atoms with Crippen molar-refractivity contribution in [3.05, 3.63) is 29.6 Å². The van der Waals surface area contributed by atoms with E-state index in [1.807, 2.05) is 0 Å². The first-order valence-electron chi connectivity index (χ1n) is 5.26. The largest absolute Gasteiger partial charge is 0.755 e. The molecule has 0 aliphatic heterocycles. The molecule has 0 fully saturated rings. The van der Waals surface area contributed by atoms with Crippen molar-refractivity contribution in [2.75, 3.05) is 18.0 Å². The van der Waals surface area contributed by atoms with Gasteiger partial charge in [-0.1, -0.05) is 13.0 Å². The van der Waals surface area contributed by atoms with Crippen LogP contribution in [0.25, 0.3) is 0 Å². The summed E-state index contributed by atoms with van der Waals surface area (Å²) >= 11 is -2.60. The molecule has 1 rings (SSSR count). The zero-order chi connectivity index (χ0) is 13.7. The van der Waals surface area contributed by atoms with Gasteiger partial charge in [-0.25, -0.2) is 9.18 Å². The Kier molecular flexibility index (Phi) is 5.24. The average Bonchev–Trinajstić information content (AvgIpc) is 2.35. The fourth-order valence-electron chi connectivity index (χ4n) is 1.46. The van der Waals surface area contributed by atoms with Gasteiger partial charge in [0.2, 0.25) is 0 Å². The maximum absolute atomic E-state index is 14.0. The molecule has 1 atom stereocenters. The smallest absolute Gasteiger partial charge is 0.340 e. The topological polar surface area (TPSA) is 69.7 Å². The lowest BCUT2D eigenvalue weighted by Crippen LogP contribution is -2.27. The molecule has 0 aliphatic carbocycles. The summed E-state index contributed by atoms with van der Waals surface area (Å²) in [6, 6.07) is 3.94. The van der Waals surface area contributed by atoms with Gasteiger partial charge in [-0.05, 0) is 18.6 Å². The van der Waals surface area contributed by atoms with Gasteiger partial charge in [0.1, 0.15) is 0 Å². The SMILES string of the molecule is CCCN(c1cccc(C(=O)OC)c1F)S(=O)[O-]. The number of esters is 1. The maximum atomic E-state index is 14.0. The molecule has 7 heteroatoms. The van der Waals surface area contributed by atoms with Gasteiger partial charge in [0.25, 0.3) is 0 Å². The molecule has 0 N–H and O–H groups in total. The molecule has 0 amide bonds. The van der Waals surface area contributed by atoms with Crippen LogP contribution < -0.4 is 4.31 Å². The van der Waals surface area contributed by atoms with E-state index in [1.165, 1.54) is 18.2 Å². The van der Waals surface area contributed by atoms with Crippen molar-refractivity contribution in [2.24, 2.45) is 0 Å². The van der Waals surface area contributed by atoms with Gasteiger partial charge in [0.15, 0.2) is 5.82 Å². The third-order valence-corrected chi connectivity index (χ3v) is 3.00. The second-order valence-corrected chi connectivity index (χ2v) is 4.32. The molecule has 0 radical (unpaired) electrons. The van der Waals surface area contributed by atoms with Crippen LogP contribution in [0.4, 0.5) is 10.1 Å². The Balaban J connectivity index is 3.23. The van der Waals surface area contributed by atoms with Crippen molar-refractivity contribution in [1.82, 2.24) is 0 Å². The zero-order valence-corrected chi connectivity index (χ0v) is 10.8. The molecule has 0 aromatic heterocycles. The van der Waals surface area contributed by atoms with Crippen molar-refractivity contribution in [3.8, 4) is 0 Å². The lowest BCUT2D eigenvalue weighted by molar-refractivity contribution is 0.0595. The van der Waals surface area contributed by atoms with E-state index in [2.05, 4.69) is 4.74 Å². The van der Waals surface area contributed by atoms with Crippen molar-refractivity contribution in [2.45, 2.75) is 13.3 Å². The van der Waals surface area contributed by atoms with E-state index in [4.69, 9.17) is 0 Å². The summed E-state index contributed by atoms with van der Waals surface area (Å²) in [5, 5.41) is 0. The van der Waals surface area contributed by atoms with E-state index in [0.717, 1.165) is 11.4 Å². The molecule has 0 heterocycles. The van der Waals surface area contributed by atoms with E-state index >= 15 is 0 Å². The third kappa shape index (κ3) is 3.05. The average molecular weight is 274 g/mol. The number of nitrogens with zero attached hydrogens (tertiary/aromatic N) is 1. The number of rotatable bonds is 5. The molecule has 0 spiro atoms. The number of carbonyl (C=O) groups is 1. The molecule has 100 valence electrons. The van der Waals surface area contributed by atoms with Crippen LogP contribution in [0.3, 0.4) is 0 Å². The zero-order valence-electron chi connectivity index (χ0n) is 10.0. The van der Waals surface area contributed by atoms with Crippen molar-refractivity contribution in [3.63, 3.8) is 0 Å². The Hall–Kier alpha value is -1.47. The van der Waals surface area contributed by atoms with Gasteiger partial charge >= 0.3 is 5.97 Å². The van der Waals surface area contributed by atoms with E-state index in [9.17, 15) is 17.9 Å². The van der Waals surface area contributed by atoms with Gasteiger partial charge in [0.05, 0.1) is 18.4 Å². The van der Waals surface area contributed by atoms with E-state index in [0.29, 0.717) is 6.42 Å². The second-order valence-electron chi connectivity index (χ2n) is 3.45. The van der Waals surface area contributed by atoms with E-state index < -0.39 is 23.1 Å². The Bertz CT molecular complexity index is 466. The highest BCUT2D eigenvalue weighted by Gasteiger charge is 2.19. The normalized spacial score (nSPS) is 12.0. The first kappa shape index (κ1) is 14.6. The van der Waals surface area contributed by atoms with Crippen LogP contribution in [-0.2, 0) is 16.0 Å². The van der Waals surface area contributed by atoms with Gasteiger partial charge in [0, 0.05) is 17.8 Å². The van der Waals surface area contributed by atoms with Crippen molar-refractivity contribution >= 4 is 22.9 Å². The molecular weight excluding hydrogens is 261 g/mol. The summed E-state index contributed by atoms with van der Waals surface area (Å²) in [6.45, 7) is 1.90. The van der Waals surface area contributed by atoms with Gasteiger partial charge in [-0.15, -0.1) is 0 Å². The van der Waals surface area contributed by atoms with Gasteiger partial charge < -0.3 is 9.29 Å². The Morgan fingerprint density at radius 2 is 2.22 bits per heavy atom. The Morgan fingerprint density at radius 3 is 2.72 bits per heavy atom.